The zero-order chi connectivity index (χ0) is 24.8. The van der Waals surface area contributed by atoms with E-state index >= 15 is 0 Å². The molecule has 0 radical (unpaired) electrons. The second-order valence-electron chi connectivity index (χ2n) is 8.48. The zero-order valence-electron chi connectivity index (χ0n) is 19.4. The van der Waals surface area contributed by atoms with Gasteiger partial charge in [0.05, 0.1) is 17.9 Å². The van der Waals surface area contributed by atoms with Gasteiger partial charge < -0.3 is 10.6 Å². The Morgan fingerprint density at radius 2 is 1.80 bits per heavy atom. The minimum absolute atomic E-state index is 0.0408. The van der Waals surface area contributed by atoms with Crippen molar-refractivity contribution in [2.24, 2.45) is 0 Å². The summed E-state index contributed by atoms with van der Waals surface area (Å²) in [5.41, 5.74) is 2.70. The van der Waals surface area contributed by atoms with Gasteiger partial charge in [-0.2, -0.15) is 5.10 Å². The van der Waals surface area contributed by atoms with Crippen LogP contribution in [0.25, 0.3) is 11.8 Å². The van der Waals surface area contributed by atoms with Crippen LogP contribution in [0.1, 0.15) is 24.1 Å². The minimum atomic E-state index is -0.341. The molecule has 4 rings (SSSR count). The Labute approximate surface area is 208 Å². The number of likely N-dealkylation sites (tertiary alicyclic amines) is 1. The van der Waals surface area contributed by atoms with Crippen molar-refractivity contribution in [3.8, 4) is 5.69 Å². The molecule has 2 N–H and O–H groups in total. The first-order chi connectivity index (χ1) is 16.9. The van der Waals surface area contributed by atoms with Gasteiger partial charge >= 0.3 is 0 Å². The van der Waals surface area contributed by atoms with E-state index in [1.807, 2.05) is 30.3 Å². The SMILES string of the molecule is Cc1nn(-c2ccc(F)cc2)c(Cl)c1/C=C/C(=O)NC1CCN(CC(=O)Nc2ccccc2)CC1. The normalized spacial score (nSPS) is 14.8. The van der Waals surface area contributed by atoms with Crippen molar-refractivity contribution >= 4 is 35.2 Å². The van der Waals surface area contributed by atoms with Crippen molar-refractivity contribution < 1.29 is 14.0 Å². The predicted molar refractivity (Wildman–Crippen MR) is 135 cm³/mol. The van der Waals surface area contributed by atoms with E-state index in [1.54, 1.807) is 25.1 Å². The summed E-state index contributed by atoms with van der Waals surface area (Å²) in [6.07, 6.45) is 4.62. The number of benzene rings is 2. The fourth-order valence-corrected chi connectivity index (χ4v) is 4.36. The third-order valence-corrected chi connectivity index (χ3v) is 6.24. The number of anilines is 1. The summed E-state index contributed by atoms with van der Waals surface area (Å²) < 4.78 is 14.7. The highest BCUT2D eigenvalue weighted by Crippen LogP contribution is 2.25. The molecule has 0 aliphatic carbocycles. The van der Waals surface area contributed by atoms with Crippen molar-refractivity contribution in [2.75, 3.05) is 25.0 Å². The molecule has 2 amide bonds. The zero-order valence-corrected chi connectivity index (χ0v) is 20.1. The predicted octanol–water partition coefficient (Wildman–Crippen LogP) is 4.21. The van der Waals surface area contributed by atoms with Gasteiger partial charge in [0.2, 0.25) is 11.8 Å². The summed E-state index contributed by atoms with van der Waals surface area (Å²) in [6.45, 7) is 3.58. The van der Waals surface area contributed by atoms with E-state index in [1.165, 1.54) is 22.9 Å². The molecule has 3 aromatic rings. The van der Waals surface area contributed by atoms with Crippen molar-refractivity contribution in [1.29, 1.82) is 0 Å². The van der Waals surface area contributed by atoms with E-state index in [4.69, 9.17) is 11.6 Å². The third-order valence-electron chi connectivity index (χ3n) is 5.88. The van der Waals surface area contributed by atoms with E-state index in [9.17, 15) is 14.0 Å². The first-order valence-corrected chi connectivity index (χ1v) is 11.8. The molecule has 1 saturated heterocycles. The molecule has 7 nitrogen and oxygen atoms in total. The number of rotatable bonds is 7. The molecule has 2 aromatic carbocycles. The van der Waals surface area contributed by atoms with Gasteiger partial charge in [-0.05, 0) is 62.2 Å². The second kappa shape index (κ2) is 11.3. The third kappa shape index (κ3) is 6.55. The van der Waals surface area contributed by atoms with Gasteiger partial charge in [0.25, 0.3) is 0 Å². The van der Waals surface area contributed by atoms with Gasteiger partial charge in [0.1, 0.15) is 11.0 Å². The average Bonchev–Trinajstić information content (AvgIpc) is 3.13. The molecule has 1 aliphatic heterocycles. The molecule has 182 valence electrons. The van der Waals surface area contributed by atoms with Gasteiger partial charge in [-0.3, -0.25) is 14.5 Å². The summed E-state index contributed by atoms with van der Waals surface area (Å²) in [7, 11) is 0. The quantitative estimate of drug-likeness (QED) is 0.481. The number of amides is 2. The largest absolute Gasteiger partial charge is 0.350 e. The lowest BCUT2D eigenvalue weighted by Crippen LogP contribution is -2.46. The fraction of sp³-hybridized carbons (Fsp3) is 0.269. The Bertz CT molecular complexity index is 1200. The van der Waals surface area contributed by atoms with Crippen molar-refractivity contribution in [1.82, 2.24) is 20.0 Å². The summed E-state index contributed by atoms with van der Waals surface area (Å²) in [6, 6.07) is 15.3. The number of halogens is 2. The standard InChI is InChI=1S/C26H27ClFN5O2/c1-18-23(26(27)33(31-18)22-9-7-19(28)8-10-22)11-12-24(34)29-21-13-15-32(16-14-21)17-25(35)30-20-5-3-2-4-6-20/h2-12,21H,13-17H2,1H3,(H,29,34)(H,30,35)/b12-11+. The van der Waals surface area contributed by atoms with Gasteiger partial charge in [-0.15, -0.1) is 0 Å². The molecule has 1 aromatic heterocycles. The Balaban J connectivity index is 1.26. The smallest absolute Gasteiger partial charge is 0.244 e. The van der Waals surface area contributed by atoms with Gasteiger partial charge in [-0.25, -0.2) is 9.07 Å². The average molecular weight is 496 g/mol. The molecule has 2 heterocycles. The fourth-order valence-electron chi connectivity index (χ4n) is 4.02. The Morgan fingerprint density at radius 1 is 1.11 bits per heavy atom. The van der Waals surface area contributed by atoms with Gasteiger partial charge in [0, 0.05) is 36.5 Å². The highest BCUT2D eigenvalue weighted by atomic mass is 35.5. The van der Waals surface area contributed by atoms with Crippen molar-refractivity contribution in [2.45, 2.75) is 25.8 Å². The van der Waals surface area contributed by atoms with Gasteiger partial charge in [0.15, 0.2) is 0 Å². The molecule has 9 heteroatoms. The summed E-state index contributed by atoms with van der Waals surface area (Å²) in [5, 5.41) is 10.7. The molecule has 1 fully saturated rings. The van der Waals surface area contributed by atoms with Crippen LogP contribution in [0.5, 0.6) is 0 Å². The number of para-hydroxylation sites is 1. The Hall–Kier alpha value is -3.49. The Kier molecular flexibility index (Phi) is 7.94. The van der Waals surface area contributed by atoms with Crippen LogP contribution >= 0.6 is 11.6 Å². The highest BCUT2D eigenvalue weighted by molar-refractivity contribution is 6.31. The lowest BCUT2D eigenvalue weighted by atomic mass is 10.0. The first-order valence-electron chi connectivity index (χ1n) is 11.5. The van der Waals surface area contributed by atoms with Crippen LogP contribution < -0.4 is 10.6 Å². The summed E-state index contributed by atoms with van der Waals surface area (Å²) in [5.74, 6) is -0.600. The highest BCUT2D eigenvalue weighted by Gasteiger charge is 2.22. The molecule has 0 unspecified atom stereocenters. The number of aryl methyl sites for hydroxylation is 1. The Morgan fingerprint density at radius 3 is 2.49 bits per heavy atom. The number of piperidine rings is 1. The van der Waals surface area contributed by atoms with Crippen molar-refractivity contribution in [3.63, 3.8) is 0 Å². The number of hydrogen-bond acceptors (Lipinski definition) is 4. The van der Waals surface area contributed by atoms with Crippen LogP contribution in [-0.2, 0) is 9.59 Å². The van der Waals surface area contributed by atoms with Crippen LogP contribution in [0.2, 0.25) is 5.15 Å². The lowest BCUT2D eigenvalue weighted by Gasteiger charge is -2.31. The molecule has 0 spiro atoms. The number of aromatic nitrogens is 2. The van der Waals surface area contributed by atoms with E-state index in [-0.39, 0.29) is 23.7 Å². The summed E-state index contributed by atoms with van der Waals surface area (Å²) in [4.78, 5) is 26.8. The number of carbonyl (C=O) groups excluding carboxylic acids is 2. The monoisotopic (exact) mass is 495 g/mol. The molecule has 0 bridgehead atoms. The lowest BCUT2D eigenvalue weighted by molar-refractivity contribution is -0.119. The van der Waals surface area contributed by atoms with Crippen molar-refractivity contribution in [3.05, 3.63) is 82.9 Å². The van der Waals surface area contributed by atoms with Crippen LogP contribution in [0.3, 0.4) is 0 Å². The van der Waals surface area contributed by atoms with Crippen LogP contribution in [0.15, 0.2) is 60.7 Å². The molecule has 0 saturated carbocycles. The molecular formula is C26H27ClFN5O2. The maximum Gasteiger partial charge on any atom is 0.244 e. The number of nitrogens with zero attached hydrogens (tertiary/aromatic N) is 3. The van der Waals surface area contributed by atoms with Gasteiger partial charge in [-0.1, -0.05) is 29.8 Å². The molecule has 0 atom stereocenters. The number of nitrogens with one attached hydrogen (secondary N) is 2. The van der Waals surface area contributed by atoms with Crippen LogP contribution in [0.4, 0.5) is 10.1 Å². The van der Waals surface area contributed by atoms with Crippen LogP contribution in [-0.4, -0.2) is 52.2 Å². The topological polar surface area (TPSA) is 79.3 Å². The molecular weight excluding hydrogens is 469 g/mol. The molecule has 1 aliphatic rings. The van der Waals surface area contributed by atoms with Crippen LogP contribution in [0, 0.1) is 12.7 Å². The maximum absolute atomic E-state index is 13.2. The van der Waals surface area contributed by atoms with E-state index in [0.717, 1.165) is 31.6 Å². The van der Waals surface area contributed by atoms with E-state index in [0.29, 0.717) is 28.6 Å². The first kappa shape index (κ1) is 24.6. The minimum Gasteiger partial charge on any atom is -0.350 e. The number of carbonyl (C=O) groups is 2. The maximum atomic E-state index is 13.2. The number of hydrogen-bond donors (Lipinski definition) is 2. The second-order valence-corrected chi connectivity index (χ2v) is 8.84. The molecule has 35 heavy (non-hydrogen) atoms. The summed E-state index contributed by atoms with van der Waals surface area (Å²) >= 11 is 6.47. The van der Waals surface area contributed by atoms with E-state index in [2.05, 4.69) is 20.6 Å². The van der Waals surface area contributed by atoms with E-state index < -0.39 is 0 Å².